The van der Waals surface area contributed by atoms with E-state index in [1.54, 1.807) is 0 Å². The third-order valence-corrected chi connectivity index (χ3v) is 3.67. The van der Waals surface area contributed by atoms with Crippen LogP contribution in [0.2, 0.25) is 0 Å². The minimum absolute atomic E-state index is 0.0255. The average molecular weight is 303 g/mol. The summed E-state index contributed by atoms with van der Waals surface area (Å²) in [7, 11) is 3.94. The van der Waals surface area contributed by atoms with Crippen molar-refractivity contribution in [2.75, 3.05) is 19.4 Å². The Labute approximate surface area is 136 Å². The van der Waals surface area contributed by atoms with E-state index in [4.69, 9.17) is 5.73 Å². The quantitative estimate of drug-likeness (QED) is 0.813. The fraction of sp³-hybridized carbons (Fsp3) is 0.474. The van der Waals surface area contributed by atoms with Crippen molar-refractivity contribution in [3.8, 4) is 0 Å². The molecule has 1 aromatic rings. The van der Waals surface area contributed by atoms with Crippen LogP contribution in [0.5, 0.6) is 0 Å². The van der Waals surface area contributed by atoms with Gasteiger partial charge in [-0.2, -0.15) is 0 Å². The van der Waals surface area contributed by atoms with Gasteiger partial charge in [-0.05, 0) is 17.8 Å². The van der Waals surface area contributed by atoms with E-state index in [-0.39, 0.29) is 18.0 Å². The van der Waals surface area contributed by atoms with Crippen LogP contribution >= 0.6 is 0 Å². The van der Waals surface area contributed by atoms with Gasteiger partial charge in [0.15, 0.2) is 0 Å². The lowest BCUT2D eigenvalue weighted by molar-refractivity contribution is 0.240. The standard InChI is InChI=1S/C15H21N3.2C2H6/c1-4-11-12(9-10-18(3)15(11)16)13-7-5-6-8-14(13)17-2;2*1-2/h4-12,15,17H,1,16H2,2-3H3;2*1-2H3. The largest absolute Gasteiger partial charge is 0.388 e. The zero-order valence-corrected chi connectivity index (χ0v) is 15.0. The smallest absolute Gasteiger partial charge is 0.0834 e. The Morgan fingerprint density at radius 2 is 1.77 bits per heavy atom. The van der Waals surface area contributed by atoms with Gasteiger partial charge in [0.2, 0.25) is 0 Å². The summed E-state index contributed by atoms with van der Waals surface area (Å²) < 4.78 is 0. The molecule has 3 heteroatoms. The summed E-state index contributed by atoms with van der Waals surface area (Å²) in [6.45, 7) is 11.9. The molecule has 0 aliphatic carbocycles. The molecule has 3 nitrogen and oxygen atoms in total. The Bertz CT molecular complexity index is 454. The number of nitrogens with zero attached hydrogens (tertiary/aromatic N) is 1. The highest BCUT2D eigenvalue weighted by Gasteiger charge is 2.30. The van der Waals surface area contributed by atoms with Crippen LogP contribution in [0.1, 0.15) is 39.2 Å². The number of hydrogen-bond acceptors (Lipinski definition) is 3. The molecule has 0 spiro atoms. The summed E-state index contributed by atoms with van der Waals surface area (Å²) in [6, 6.07) is 8.34. The van der Waals surface area contributed by atoms with E-state index in [0.717, 1.165) is 5.69 Å². The maximum atomic E-state index is 6.24. The average Bonchev–Trinajstić information content (AvgIpc) is 2.60. The Morgan fingerprint density at radius 1 is 1.18 bits per heavy atom. The van der Waals surface area contributed by atoms with Crippen molar-refractivity contribution in [1.82, 2.24) is 4.90 Å². The van der Waals surface area contributed by atoms with E-state index in [1.165, 1.54) is 5.56 Å². The number of nitrogens with one attached hydrogen (secondary N) is 1. The normalized spacial score (nSPS) is 22.7. The summed E-state index contributed by atoms with van der Waals surface area (Å²) in [5, 5.41) is 3.24. The van der Waals surface area contributed by atoms with Crippen molar-refractivity contribution in [3.05, 3.63) is 54.8 Å². The number of nitrogens with two attached hydrogens (primary N) is 1. The number of rotatable bonds is 3. The van der Waals surface area contributed by atoms with E-state index in [2.05, 4.69) is 42.4 Å². The first-order chi connectivity index (χ1) is 10.7. The maximum Gasteiger partial charge on any atom is 0.0834 e. The first-order valence-electron chi connectivity index (χ1n) is 8.24. The van der Waals surface area contributed by atoms with Crippen LogP contribution in [-0.4, -0.2) is 25.2 Å². The van der Waals surface area contributed by atoms with Crippen LogP contribution in [0.25, 0.3) is 0 Å². The number of allylic oxidation sites excluding steroid dienone is 1. The van der Waals surface area contributed by atoms with E-state index >= 15 is 0 Å². The molecular formula is C19H33N3. The predicted molar refractivity (Wildman–Crippen MR) is 100.0 cm³/mol. The first-order valence-corrected chi connectivity index (χ1v) is 8.24. The second-order valence-corrected chi connectivity index (χ2v) is 4.67. The van der Waals surface area contributed by atoms with E-state index in [1.807, 2.05) is 58.8 Å². The molecule has 0 aromatic heterocycles. The van der Waals surface area contributed by atoms with E-state index in [9.17, 15) is 0 Å². The zero-order valence-electron chi connectivity index (χ0n) is 15.0. The molecule has 0 saturated carbocycles. The number of benzene rings is 1. The van der Waals surface area contributed by atoms with Crippen LogP contribution in [0.15, 0.2) is 49.2 Å². The molecule has 124 valence electrons. The summed E-state index contributed by atoms with van der Waals surface area (Å²) in [6.07, 6.45) is 6.19. The Hall–Kier alpha value is -1.74. The molecule has 3 atom stereocenters. The highest BCUT2D eigenvalue weighted by Crippen LogP contribution is 2.36. The number of anilines is 1. The number of hydrogen-bond donors (Lipinski definition) is 2. The third-order valence-electron chi connectivity index (χ3n) is 3.67. The van der Waals surface area contributed by atoms with Crippen LogP contribution in [0.4, 0.5) is 5.69 Å². The highest BCUT2D eigenvalue weighted by atomic mass is 15.2. The molecule has 3 unspecified atom stereocenters. The summed E-state index contributed by atoms with van der Waals surface area (Å²) in [5.74, 6) is 0.492. The van der Waals surface area contributed by atoms with Gasteiger partial charge in [0.25, 0.3) is 0 Å². The first kappa shape index (κ1) is 20.3. The molecule has 2 rings (SSSR count). The molecular weight excluding hydrogens is 270 g/mol. The van der Waals surface area contributed by atoms with Crippen LogP contribution < -0.4 is 11.1 Å². The van der Waals surface area contributed by atoms with Crippen LogP contribution in [-0.2, 0) is 0 Å². The van der Waals surface area contributed by atoms with Crippen molar-refractivity contribution >= 4 is 5.69 Å². The van der Waals surface area contributed by atoms with Gasteiger partial charge in [-0.15, -0.1) is 6.58 Å². The fourth-order valence-electron chi connectivity index (χ4n) is 2.55. The Morgan fingerprint density at radius 3 is 2.32 bits per heavy atom. The van der Waals surface area contributed by atoms with Crippen LogP contribution in [0, 0.1) is 5.92 Å². The minimum Gasteiger partial charge on any atom is -0.388 e. The highest BCUT2D eigenvalue weighted by molar-refractivity contribution is 5.54. The van der Waals surface area contributed by atoms with Crippen molar-refractivity contribution in [2.45, 2.75) is 39.8 Å². The topological polar surface area (TPSA) is 41.3 Å². The van der Waals surface area contributed by atoms with Crippen LogP contribution in [0.3, 0.4) is 0 Å². The van der Waals surface area contributed by atoms with Gasteiger partial charge in [-0.1, -0.05) is 58.0 Å². The Kier molecular flexibility index (Phi) is 10.0. The molecule has 0 saturated heterocycles. The minimum atomic E-state index is -0.0255. The maximum absolute atomic E-state index is 6.24. The summed E-state index contributed by atoms with van der Waals surface area (Å²) in [5.41, 5.74) is 8.65. The molecule has 1 heterocycles. The molecule has 0 radical (unpaired) electrons. The molecule has 1 aromatic carbocycles. The molecule has 0 fully saturated rings. The second-order valence-electron chi connectivity index (χ2n) is 4.67. The molecule has 22 heavy (non-hydrogen) atoms. The Balaban J connectivity index is 0.00000102. The van der Waals surface area contributed by atoms with Gasteiger partial charge in [0, 0.05) is 31.6 Å². The van der Waals surface area contributed by atoms with E-state index < -0.39 is 0 Å². The van der Waals surface area contributed by atoms with Crippen molar-refractivity contribution in [3.63, 3.8) is 0 Å². The van der Waals surface area contributed by atoms with Crippen molar-refractivity contribution < 1.29 is 0 Å². The van der Waals surface area contributed by atoms with Gasteiger partial charge in [-0.3, -0.25) is 0 Å². The SMILES string of the molecule is C=CC1C(c2ccccc2NC)C=CN(C)C1N.CC.CC. The lowest BCUT2D eigenvalue weighted by atomic mass is 9.81. The van der Waals surface area contributed by atoms with Gasteiger partial charge < -0.3 is 16.0 Å². The van der Waals surface area contributed by atoms with Gasteiger partial charge in [0.1, 0.15) is 0 Å². The van der Waals surface area contributed by atoms with Crippen molar-refractivity contribution in [2.24, 2.45) is 11.7 Å². The monoisotopic (exact) mass is 303 g/mol. The summed E-state index contributed by atoms with van der Waals surface area (Å²) in [4.78, 5) is 2.03. The van der Waals surface area contributed by atoms with Gasteiger partial charge >= 0.3 is 0 Å². The molecule has 1 aliphatic rings. The number of para-hydroxylation sites is 1. The third kappa shape index (κ3) is 4.63. The molecule has 0 amide bonds. The van der Waals surface area contributed by atoms with Gasteiger partial charge in [0.05, 0.1) is 6.17 Å². The lowest BCUT2D eigenvalue weighted by Gasteiger charge is -2.38. The fourth-order valence-corrected chi connectivity index (χ4v) is 2.55. The molecule has 3 N–H and O–H groups in total. The molecule has 1 aliphatic heterocycles. The second kappa shape index (κ2) is 10.9. The van der Waals surface area contributed by atoms with E-state index in [0.29, 0.717) is 0 Å². The lowest BCUT2D eigenvalue weighted by Crippen LogP contribution is -2.46. The predicted octanol–water partition coefficient (Wildman–Crippen LogP) is 4.41. The van der Waals surface area contributed by atoms with Crippen molar-refractivity contribution in [1.29, 1.82) is 0 Å². The summed E-state index contributed by atoms with van der Waals surface area (Å²) >= 11 is 0. The van der Waals surface area contributed by atoms with Gasteiger partial charge in [-0.25, -0.2) is 0 Å². The zero-order chi connectivity index (χ0) is 17.1. The molecule has 0 bridgehead atoms.